The van der Waals surface area contributed by atoms with Crippen LogP contribution in [-0.4, -0.2) is 44.5 Å². The Morgan fingerprint density at radius 1 is 0.964 bits per heavy atom. The number of hydrogen-bond acceptors (Lipinski definition) is 4. The van der Waals surface area contributed by atoms with Gasteiger partial charge in [0.15, 0.2) is 23.8 Å². The van der Waals surface area contributed by atoms with Crippen molar-refractivity contribution in [2.45, 2.75) is 12.8 Å². The number of carbonyl (C=O) groups is 2. The van der Waals surface area contributed by atoms with Gasteiger partial charge in [0.2, 0.25) is 0 Å². The number of carbonyl (C=O) groups excluding carboxylic acids is 2. The van der Waals surface area contributed by atoms with E-state index in [1.807, 2.05) is 42.5 Å². The summed E-state index contributed by atoms with van der Waals surface area (Å²) in [5.74, 6) is 1.52. The third kappa shape index (κ3) is 4.34. The first-order valence-electron chi connectivity index (χ1n) is 9.81. The summed E-state index contributed by atoms with van der Waals surface area (Å²) in [5.41, 5.74) is 1.50. The fraction of sp³-hybridized carbons (Fsp3) is 0.364. The van der Waals surface area contributed by atoms with Gasteiger partial charge in [-0.1, -0.05) is 18.2 Å². The smallest absolute Gasteiger partial charge is 0.279 e. The monoisotopic (exact) mass is 381 g/mol. The lowest BCUT2D eigenvalue weighted by Crippen LogP contribution is -3.14. The Labute approximate surface area is 164 Å². The van der Waals surface area contributed by atoms with E-state index in [1.54, 1.807) is 6.07 Å². The van der Waals surface area contributed by atoms with Crippen LogP contribution in [0, 0.1) is 5.92 Å². The number of para-hydroxylation sites is 1. The van der Waals surface area contributed by atoms with E-state index in [4.69, 9.17) is 9.47 Å². The van der Waals surface area contributed by atoms with Crippen LogP contribution in [0.3, 0.4) is 0 Å². The first kappa shape index (κ1) is 18.5. The van der Waals surface area contributed by atoms with Gasteiger partial charge < -0.3 is 19.7 Å². The third-order valence-electron chi connectivity index (χ3n) is 5.36. The summed E-state index contributed by atoms with van der Waals surface area (Å²) in [7, 11) is 0. The maximum atomic E-state index is 12.9. The Hall–Kier alpha value is -2.86. The fourth-order valence-electron chi connectivity index (χ4n) is 3.85. The highest BCUT2D eigenvalue weighted by Gasteiger charge is 2.29. The van der Waals surface area contributed by atoms with Crippen molar-refractivity contribution in [1.82, 2.24) is 0 Å². The van der Waals surface area contributed by atoms with Crippen molar-refractivity contribution in [1.29, 1.82) is 0 Å². The van der Waals surface area contributed by atoms with Crippen LogP contribution in [0.2, 0.25) is 0 Å². The number of nitrogens with one attached hydrogen (secondary N) is 2. The van der Waals surface area contributed by atoms with Gasteiger partial charge in [-0.05, 0) is 30.3 Å². The van der Waals surface area contributed by atoms with Crippen molar-refractivity contribution in [2.75, 3.05) is 38.2 Å². The molecule has 1 saturated heterocycles. The molecule has 0 unspecified atom stereocenters. The third-order valence-corrected chi connectivity index (χ3v) is 5.36. The predicted molar refractivity (Wildman–Crippen MR) is 105 cm³/mol. The molecule has 0 aromatic heterocycles. The summed E-state index contributed by atoms with van der Waals surface area (Å²) in [6.07, 6.45) is 1.59. The minimum atomic E-state index is 0.00323. The molecule has 6 nitrogen and oxygen atoms in total. The van der Waals surface area contributed by atoms with E-state index in [1.165, 1.54) is 4.90 Å². The highest BCUT2D eigenvalue weighted by Crippen LogP contribution is 2.32. The van der Waals surface area contributed by atoms with E-state index >= 15 is 0 Å². The first-order chi connectivity index (χ1) is 13.7. The second kappa shape index (κ2) is 8.44. The van der Waals surface area contributed by atoms with Crippen LogP contribution in [0.1, 0.15) is 23.2 Å². The van der Waals surface area contributed by atoms with Gasteiger partial charge in [0, 0.05) is 30.0 Å². The van der Waals surface area contributed by atoms with Gasteiger partial charge in [-0.25, -0.2) is 0 Å². The summed E-state index contributed by atoms with van der Waals surface area (Å²) >= 11 is 0. The number of piperidine rings is 1. The number of rotatable bonds is 5. The van der Waals surface area contributed by atoms with Crippen LogP contribution in [0.4, 0.5) is 5.69 Å². The van der Waals surface area contributed by atoms with Crippen molar-refractivity contribution < 1.29 is 24.0 Å². The SMILES string of the molecule is O=C(C[NH+]1CCC(C(=O)c2ccc3c(c2)OCCO3)CC1)Nc1ccccc1. The standard InChI is InChI=1S/C22H24N2O4/c25-21(23-18-4-2-1-3-5-18)15-24-10-8-16(9-11-24)22(26)17-6-7-19-20(14-17)28-13-12-27-19/h1-7,14,16H,8-13,15H2,(H,23,25)/p+1. The molecule has 6 heteroatoms. The average molecular weight is 381 g/mol. The quantitative estimate of drug-likeness (QED) is 0.772. The molecule has 2 aliphatic rings. The Morgan fingerprint density at radius 3 is 2.43 bits per heavy atom. The summed E-state index contributed by atoms with van der Waals surface area (Å²) in [6, 6.07) is 14.9. The number of amides is 1. The van der Waals surface area contributed by atoms with Crippen LogP contribution in [0.15, 0.2) is 48.5 Å². The van der Waals surface area contributed by atoms with E-state index in [2.05, 4.69) is 5.32 Å². The van der Waals surface area contributed by atoms with Crippen LogP contribution in [0.5, 0.6) is 11.5 Å². The number of likely N-dealkylation sites (tertiary alicyclic amines) is 1. The Kier molecular flexibility index (Phi) is 5.58. The summed E-state index contributed by atoms with van der Waals surface area (Å²) in [6.45, 7) is 3.13. The van der Waals surface area contributed by atoms with Gasteiger partial charge >= 0.3 is 0 Å². The maximum absolute atomic E-state index is 12.9. The largest absolute Gasteiger partial charge is 0.486 e. The summed E-state index contributed by atoms with van der Waals surface area (Å²) < 4.78 is 11.1. The molecule has 0 atom stereocenters. The Morgan fingerprint density at radius 2 is 1.68 bits per heavy atom. The molecule has 2 aliphatic heterocycles. The van der Waals surface area contributed by atoms with Gasteiger partial charge in [0.25, 0.3) is 5.91 Å². The first-order valence-corrected chi connectivity index (χ1v) is 9.81. The molecule has 28 heavy (non-hydrogen) atoms. The van der Waals surface area contributed by atoms with Crippen LogP contribution in [-0.2, 0) is 4.79 Å². The van der Waals surface area contributed by atoms with E-state index in [0.717, 1.165) is 31.6 Å². The summed E-state index contributed by atoms with van der Waals surface area (Å²) in [4.78, 5) is 26.3. The van der Waals surface area contributed by atoms with E-state index in [-0.39, 0.29) is 17.6 Å². The topological polar surface area (TPSA) is 69.1 Å². The molecule has 0 bridgehead atoms. The van der Waals surface area contributed by atoms with Crippen LogP contribution >= 0.6 is 0 Å². The molecule has 4 rings (SSSR count). The number of anilines is 1. The van der Waals surface area contributed by atoms with Crippen molar-refractivity contribution in [3.05, 3.63) is 54.1 Å². The molecule has 1 fully saturated rings. The fourth-order valence-corrected chi connectivity index (χ4v) is 3.85. The number of ether oxygens (including phenoxy) is 2. The number of hydrogen-bond donors (Lipinski definition) is 2. The number of ketones is 1. The zero-order valence-corrected chi connectivity index (χ0v) is 15.8. The van der Waals surface area contributed by atoms with Gasteiger partial charge in [-0.15, -0.1) is 0 Å². The van der Waals surface area contributed by atoms with Crippen LogP contribution < -0.4 is 19.7 Å². The lowest BCUT2D eigenvalue weighted by atomic mass is 9.88. The lowest BCUT2D eigenvalue weighted by Gasteiger charge is -2.28. The lowest BCUT2D eigenvalue weighted by molar-refractivity contribution is -0.897. The van der Waals surface area contributed by atoms with Gasteiger partial charge in [0.1, 0.15) is 13.2 Å². The maximum Gasteiger partial charge on any atom is 0.279 e. The predicted octanol–water partition coefficient (Wildman–Crippen LogP) is 1.57. The second-order valence-corrected chi connectivity index (χ2v) is 7.34. The molecule has 1 amide bonds. The van der Waals surface area contributed by atoms with E-state index in [0.29, 0.717) is 36.8 Å². The molecule has 0 spiro atoms. The number of quaternary nitrogens is 1. The molecule has 2 aromatic carbocycles. The van der Waals surface area contributed by atoms with Crippen molar-refractivity contribution in [2.24, 2.45) is 5.92 Å². The zero-order chi connectivity index (χ0) is 19.3. The van der Waals surface area contributed by atoms with Crippen LogP contribution in [0.25, 0.3) is 0 Å². The zero-order valence-electron chi connectivity index (χ0n) is 15.8. The Balaban J connectivity index is 1.29. The summed E-state index contributed by atoms with van der Waals surface area (Å²) in [5, 5.41) is 2.93. The normalized spacial score (nSPS) is 21.0. The molecular formula is C22H25N2O4+. The van der Waals surface area contributed by atoms with Crippen molar-refractivity contribution >= 4 is 17.4 Å². The minimum absolute atomic E-state index is 0.00323. The van der Waals surface area contributed by atoms with Gasteiger partial charge in [-0.3, -0.25) is 9.59 Å². The molecule has 0 saturated carbocycles. The molecule has 2 aromatic rings. The highest BCUT2D eigenvalue weighted by molar-refractivity contribution is 5.98. The second-order valence-electron chi connectivity index (χ2n) is 7.34. The minimum Gasteiger partial charge on any atom is -0.486 e. The van der Waals surface area contributed by atoms with Crippen molar-refractivity contribution in [3.63, 3.8) is 0 Å². The molecule has 0 radical (unpaired) electrons. The van der Waals surface area contributed by atoms with Crippen molar-refractivity contribution in [3.8, 4) is 11.5 Å². The molecular weight excluding hydrogens is 356 g/mol. The molecule has 0 aliphatic carbocycles. The number of fused-ring (bicyclic) bond motifs is 1. The average Bonchev–Trinajstić information content (AvgIpc) is 2.74. The molecule has 146 valence electrons. The molecule has 2 N–H and O–H groups in total. The van der Waals surface area contributed by atoms with E-state index in [9.17, 15) is 9.59 Å². The number of Topliss-reactive ketones (excluding diaryl/α,β-unsaturated/α-hetero) is 1. The Bertz CT molecular complexity index is 845. The number of benzene rings is 2. The van der Waals surface area contributed by atoms with E-state index < -0.39 is 0 Å². The highest BCUT2D eigenvalue weighted by atomic mass is 16.6. The molecule has 2 heterocycles. The van der Waals surface area contributed by atoms with Gasteiger partial charge in [0.05, 0.1) is 13.1 Å². The van der Waals surface area contributed by atoms with Gasteiger partial charge in [-0.2, -0.15) is 0 Å².